The van der Waals surface area contributed by atoms with E-state index in [1.807, 2.05) is 12.1 Å². The molecule has 0 saturated carbocycles. The van der Waals surface area contributed by atoms with Crippen LogP contribution in [0.4, 0.5) is 5.00 Å². The van der Waals surface area contributed by atoms with Crippen LogP contribution >= 0.6 is 23.1 Å². The molecule has 7 nitrogen and oxygen atoms in total. The van der Waals surface area contributed by atoms with Crippen LogP contribution in [0, 0.1) is 11.3 Å². The van der Waals surface area contributed by atoms with Crippen LogP contribution < -0.4 is 5.32 Å². The van der Waals surface area contributed by atoms with Gasteiger partial charge < -0.3 is 14.8 Å². The van der Waals surface area contributed by atoms with Gasteiger partial charge in [-0.1, -0.05) is 36.0 Å². The largest absolute Gasteiger partial charge is 0.462 e. The molecule has 3 aromatic rings. The lowest BCUT2D eigenvalue weighted by atomic mass is 9.95. The summed E-state index contributed by atoms with van der Waals surface area (Å²) >= 11 is 2.66. The van der Waals surface area contributed by atoms with Crippen molar-refractivity contribution in [2.45, 2.75) is 55.4 Å². The Bertz CT molecular complexity index is 1380. The van der Waals surface area contributed by atoms with E-state index in [-0.39, 0.29) is 6.61 Å². The number of esters is 2. The predicted octanol–water partition coefficient (Wildman–Crippen LogP) is 6.01. The summed E-state index contributed by atoms with van der Waals surface area (Å²) in [5.74, 6) is -1.64. The van der Waals surface area contributed by atoms with Gasteiger partial charge in [0.2, 0.25) is 0 Å². The number of amides is 1. The van der Waals surface area contributed by atoms with Gasteiger partial charge in [-0.05, 0) is 69.4 Å². The van der Waals surface area contributed by atoms with Gasteiger partial charge in [0, 0.05) is 14.7 Å². The van der Waals surface area contributed by atoms with E-state index in [4.69, 9.17) is 9.47 Å². The number of rotatable bonds is 8. The second-order valence-electron chi connectivity index (χ2n) is 8.38. The van der Waals surface area contributed by atoms with E-state index in [9.17, 15) is 19.6 Å². The number of nitrogens with zero attached hydrogens (tertiary/aromatic N) is 1. The fourth-order valence-electron chi connectivity index (χ4n) is 4.05. The van der Waals surface area contributed by atoms with Crippen molar-refractivity contribution in [2.24, 2.45) is 0 Å². The van der Waals surface area contributed by atoms with Gasteiger partial charge in [0.25, 0.3) is 5.91 Å². The Kier molecular flexibility index (Phi) is 8.64. The first-order valence-corrected chi connectivity index (χ1v) is 13.7. The smallest absolute Gasteiger partial charge is 0.341 e. The molecule has 9 heteroatoms. The van der Waals surface area contributed by atoms with Crippen molar-refractivity contribution in [2.75, 3.05) is 11.9 Å². The van der Waals surface area contributed by atoms with Crippen molar-refractivity contribution in [3.8, 4) is 6.07 Å². The zero-order chi connectivity index (χ0) is 26.4. The molecule has 0 bridgehead atoms. The van der Waals surface area contributed by atoms with Crippen LogP contribution in [0.3, 0.4) is 0 Å². The highest BCUT2D eigenvalue weighted by Gasteiger charge is 2.29. The summed E-state index contributed by atoms with van der Waals surface area (Å²) in [5.41, 5.74) is 2.14. The molecule has 37 heavy (non-hydrogen) atoms. The second-order valence-corrected chi connectivity index (χ2v) is 10.6. The number of carbonyl (C=O) groups is 3. The highest BCUT2D eigenvalue weighted by Crippen LogP contribution is 2.39. The number of carbonyl (C=O) groups excluding carboxylic acids is 3. The number of hydrogen-bond acceptors (Lipinski definition) is 8. The maximum atomic E-state index is 13.0. The lowest BCUT2D eigenvalue weighted by Crippen LogP contribution is -2.30. The molecule has 1 unspecified atom stereocenters. The number of nitrogens with one attached hydrogen (secondary N) is 1. The third kappa shape index (κ3) is 6.04. The maximum absolute atomic E-state index is 13.0. The second kappa shape index (κ2) is 12.1. The molecular weight excluding hydrogens is 508 g/mol. The van der Waals surface area contributed by atoms with Gasteiger partial charge in [-0.3, -0.25) is 4.79 Å². The zero-order valence-electron chi connectivity index (χ0n) is 20.5. The molecule has 1 aliphatic carbocycles. The van der Waals surface area contributed by atoms with Gasteiger partial charge in [-0.15, -0.1) is 11.3 Å². The fourth-order valence-corrected chi connectivity index (χ4v) is 6.35. The van der Waals surface area contributed by atoms with Crippen LogP contribution in [0.1, 0.15) is 63.4 Å². The molecule has 1 heterocycles. The van der Waals surface area contributed by atoms with Crippen molar-refractivity contribution in [1.29, 1.82) is 5.26 Å². The Morgan fingerprint density at radius 2 is 1.76 bits per heavy atom. The van der Waals surface area contributed by atoms with Crippen LogP contribution in [-0.4, -0.2) is 30.6 Å². The summed E-state index contributed by atoms with van der Waals surface area (Å²) in [7, 11) is 0. The number of benzene rings is 2. The number of aryl methyl sites for hydroxylation is 1. The monoisotopic (exact) mass is 534 g/mol. The van der Waals surface area contributed by atoms with Gasteiger partial charge in [-0.2, -0.15) is 5.26 Å². The molecule has 0 fully saturated rings. The number of thiophene rings is 1. The third-order valence-electron chi connectivity index (χ3n) is 5.88. The van der Waals surface area contributed by atoms with E-state index >= 15 is 0 Å². The van der Waals surface area contributed by atoms with E-state index in [1.54, 1.807) is 43.3 Å². The van der Waals surface area contributed by atoms with E-state index in [0.29, 0.717) is 31.5 Å². The molecule has 0 saturated heterocycles. The Morgan fingerprint density at radius 1 is 1.05 bits per heavy atom. The number of nitriles is 1. The van der Waals surface area contributed by atoms with Crippen molar-refractivity contribution >= 4 is 45.9 Å². The molecule has 0 spiro atoms. The van der Waals surface area contributed by atoms with Crippen molar-refractivity contribution < 1.29 is 23.9 Å². The number of ether oxygens (including phenoxy) is 2. The number of fused-ring (bicyclic) bond motifs is 1. The molecular formula is C28H26N2O5S2. The summed E-state index contributed by atoms with van der Waals surface area (Å²) in [6.45, 7) is 3.47. The van der Waals surface area contributed by atoms with Gasteiger partial charge >= 0.3 is 11.9 Å². The van der Waals surface area contributed by atoms with Crippen LogP contribution in [0.25, 0.3) is 0 Å². The van der Waals surface area contributed by atoms with E-state index < -0.39 is 23.9 Å². The predicted molar refractivity (Wildman–Crippen MR) is 142 cm³/mol. The minimum atomic E-state index is -1.11. The quantitative estimate of drug-likeness (QED) is 0.353. The average molecular weight is 535 g/mol. The van der Waals surface area contributed by atoms with Gasteiger partial charge in [0.15, 0.2) is 6.10 Å². The molecule has 4 rings (SSSR count). The highest BCUT2D eigenvalue weighted by atomic mass is 32.2. The topological polar surface area (TPSA) is 105 Å². The first kappa shape index (κ1) is 26.5. The SMILES string of the molecule is CCOC(=O)c1c(NC(=O)C(C)OC(=O)c2ccccc2Sc2ccccc2C#N)sc2c1CCCC2. The summed E-state index contributed by atoms with van der Waals surface area (Å²) < 4.78 is 10.8. The third-order valence-corrected chi connectivity index (χ3v) is 8.23. The maximum Gasteiger partial charge on any atom is 0.341 e. The zero-order valence-corrected chi connectivity index (χ0v) is 22.2. The molecule has 190 valence electrons. The molecule has 1 amide bonds. The van der Waals surface area contributed by atoms with Crippen LogP contribution in [0.15, 0.2) is 58.3 Å². The fraction of sp³-hybridized carbons (Fsp3) is 0.286. The van der Waals surface area contributed by atoms with Crippen LogP contribution in [0.5, 0.6) is 0 Å². The normalized spacial score (nSPS) is 13.1. The van der Waals surface area contributed by atoms with Gasteiger partial charge in [0.1, 0.15) is 11.1 Å². The standard InChI is InChI=1S/C28H26N2O5S2/c1-3-34-28(33)24-19-11-5-8-14-22(19)37-26(24)30-25(31)17(2)35-27(32)20-12-6-9-15-23(20)36-21-13-7-4-10-18(21)16-29/h4,6-7,9-10,12-13,15,17H,3,5,8,11,14H2,1-2H3,(H,30,31). The molecule has 0 aliphatic heterocycles. The molecule has 0 radical (unpaired) electrons. The lowest BCUT2D eigenvalue weighted by molar-refractivity contribution is -0.123. The number of anilines is 1. The Labute approximate surface area is 223 Å². The first-order chi connectivity index (χ1) is 17.9. The molecule has 2 aromatic carbocycles. The van der Waals surface area contributed by atoms with Gasteiger partial charge in [-0.25, -0.2) is 9.59 Å². The van der Waals surface area contributed by atoms with Crippen LogP contribution in [-0.2, 0) is 27.1 Å². The van der Waals surface area contributed by atoms with Crippen molar-refractivity contribution in [1.82, 2.24) is 0 Å². The van der Waals surface area contributed by atoms with Crippen molar-refractivity contribution in [3.05, 3.63) is 75.7 Å². The summed E-state index contributed by atoms with van der Waals surface area (Å²) in [6, 6.07) is 16.2. The molecule has 1 aromatic heterocycles. The minimum Gasteiger partial charge on any atom is -0.462 e. The van der Waals surface area contributed by atoms with Crippen LogP contribution in [0.2, 0.25) is 0 Å². The molecule has 1 aliphatic rings. The first-order valence-electron chi connectivity index (χ1n) is 12.0. The molecule has 1 N–H and O–H groups in total. The lowest BCUT2D eigenvalue weighted by Gasteiger charge is -2.15. The van der Waals surface area contributed by atoms with E-state index in [1.165, 1.54) is 30.0 Å². The van der Waals surface area contributed by atoms with Crippen molar-refractivity contribution in [3.63, 3.8) is 0 Å². The molecule has 1 atom stereocenters. The minimum absolute atomic E-state index is 0.237. The Balaban J connectivity index is 1.50. The Hall–Kier alpha value is -3.61. The van der Waals surface area contributed by atoms with E-state index in [0.717, 1.165) is 36.1 Å². The van der Waals surface area contributed by atoms with Gasteiger partial charge in [0.05, 0.1) is 23.3 Å². The van der Waals surface area contributed by atoms with E-state index in [2.05, 4.69) is 11.4 Å². The number of hydrogen-bond donors (Lipinski definition) is 1. The average Bonchev–Trinajstić information content (AvgIpc) is 3.27. The summed E-state index contributed by atoms with van der Waals surface area (Å²) in [4.78, 5) is 41.1. The summed E-state index contributed by atoms with van der Waals surface area (Å²) in [6.07, 6.45) is 2.53. The Morgan fingerprint density at radius 3 is 2.51 bits per heavy atom. The summed E-state index contributed by atoms with van der Waals surface area (Å²) in [5, 5.41) is 12.6. The highest BCUT2D eigenvalue weighted by molar-refractivity contribution is 7.99.